The lowest BCUT2D eigenvalue weighted by molar-refractivity contribution is -0.120. The minimum absolute atomic E-state index is 0.212. The van der Waals surface area contributed by atoms with Crippen LogP contribution in [0.4, 0.5) is 0 Å². The normalized spacial score (nSPS) is 10.6. The Hall–Kier alpha value is -2.31. The van der Waals surface area contributed by atoms with E-state index in [0.717, 1.165) is 10.0 Å². The van der Waals surface area contributed by atoms with Crippen molar-refractivity contribution in [2.45, 2.75) is 13.3 Å². The molecular weight excluding hydrogens is 432 g/mol. The Morgan fingerprint density at radius 1 is 1.30 bits per heavy atom. The van der Waals surface area contributed by atoms with Crippen LogP contribution in [0.5, 0.6) is 11.5 Å². The van der Waals surface area contributed by atoms with Gasteiger partial charge in [0.05, 0.1) is 24.3 Å². The molecule has 5 nitrogen and oxygen atoms in total. The number of nitrogens with zero attached hydrogens (tertiary/aromatic N) is 1. The molecule has 1 amide bonds. The molecule has 142 valence electrons. The van der Waals surface area contributed by atoms with Crippen molar-refractivity contribution in [3.63, 3.8) is 0 Å². The number of hydrogen-bond acceptors (Lipinski definition) is 4. The van der Waals surface area contributed by atoms with Gasteiger partial charge < -0.3 is 9.47 Å². The molecule has 0 unspecified atom stereocenters. The highest BCUT2D eigenvalue weighted by molar-refractivity contribution is 9.10. The maximum absolute atomic E-state index is 12.0. The van der Waals surface area contributed by atoms with E-state index in [1.165, 1.54) is 6.21 Å². The largest absolute Gasteiger partial charge is 0.490 e. The summed E-state index contributed by atoms with van der Waals surface area (Å²) in [6.45, 7) is 6.27. The van der Waals surface area contributed by atoms with Crippen molar-refractivity contribution < 1.29 is 14.3 Å². The second kappa shape index (κ2) is 10.7. The zero-order valence-corrected chi connectivity index (χ0v) is 17.2. The summed E-state index contributed by atoms with van der Waals surface area (Å²) in [5.41, 5.74) is 4.08. The summed E-state index contributed by atoms with van der Waals surface area (Å²) in [6, 6.07) is 11.0. The number of carbonyl (C=O) groups is 1. The van der Waals surface area contributed by atoms with Crippen molar-refractivity contribution in [2.75, 3.05) is 13.2 Å². The Morgan fingerprint density at radius 2 is 2.04 bits per heavy atom. The minimum Gasteiger partial charge on any atom is -0.490 e. The standard InChI is InChI=1S/C20H20BrClN2O3/c1-3-9-27-20-17(22)10-15(11-18(20)26-4-2)13-23-24-19(25)12-14-5-7-16(21)8-6-14/h3,5-8,10-11,13H,1,4,9,12H2,2H3,(H,24,25)/b23-13-. The first kappa shape index (κ1) is 21.0. The minimum atomic E-state index is -0.212. The van der Waals surface area contributed by atoms with E-state index >= 15 is 0 Å². The first-order valence-electron chi connectivity index (χ1n) is 8.29. The number of ether oxygens (including phenoxy) is 2. The van der Waals surface area contributed by atoms with E-state index in [-0.39, 0.29) is 12.3 Å². The SMILES string of the molecule is C=CCOc1c(Cl)cc(/C=N\NC(=O)Cc2ccc(Br)cc2)cc1OCC. The molecule has 2 aromatic rings. The van der Waals surface area contributed by atoms with E-state index in [0.29, 0.717) is 35.3 Å². The fourth-order valence-electron chi connectivity index (χ4n) is 2.21. The zero-order chi connectivity index (χ0) is 19.6. The molecule has 1 N–H and O–H groups in total. The predicted octanol–water partition coefficient (Wildman–Crippen LogP) is 4.76. The molecule has 2 rings (SSSR count). The van der Waals surface area contributed by atoms with Gasteiger partial charge in [-0.3, -0.25) is 4.79 Å². The van der Waals surface area contributed by atoms with Crippen molar-refractivity contribution >= 4 is 39.7 Å². The Bertz CT molecular complexity index is 823. The second-order valence-electron chi connectivity index (χ2n) is 5.46. The monoisotopic (exact) mass is 450 g/mol. The quantitative estimate of drug-likeness (QED) is 0.340. The fraction of sp³-hybridized carbons (Fsp3) is 0.200. The zero-order valence-electron chi connectivity index (χ0n) is 14.9. The first-order valence-corrected chi connectivity index (χ1v) is 9.47. The molecule has 0 radical (unpaired) electrons. The van der Waals surface area contributed by atoms with Gasteiger partial charge in [0.25, 0.3) is 0 Å². The maximum Gasteiger partial charge on any atom is 0.244 e. The van der Waals surface area contributed by atoms with Crippen molar-refractivity contribution in [1.82, 2.24) is 5.43 Å². The Labute approximate surface area is 172 Å². The summed E-state index contributed by atoms with van der Waals surface area (Å²) in [4.78, 5) is 12.0. The molecule has 0 aliphatic heterocycles. The Kier molecular flexibility index (Phi) is 8.36. The number of benzene rings is 2. The highest BCUT2D eigenvalue weighted by atomic mass is 79.9. The molecular formula is C20H20BrClN2O3. The molecule has 0 atom stereocenters. The van der Waals surface area contributed by atoms with Crippen LogP contribution in [0, 0.1) is 0 Å². The van der Waals surface area contributed by atoms with Crippen LogP contribution in [-0.4, -0.2) is 25.3 Å². The molecule has 7 heteroatoms. The van der Waals surface area contributed by atoms with Crippen molar-refractivity contribution in [2.24, 2.45) is 5.10 Å². The molecule has 0 spiro atoms. The number of carbonyl (C=O) groups excluding carboxylic acids is 1. The van der Waals surface area contributed by atoms with Gasteiger partial charge in [0.2, 0.25) is 5.91 Å². The number of nitrogens with one attached hydrogen (secondary N) is 1. The molecule has 0 bridgehead atoms. The highest BCUT2D eigenvalue weighted by Gasteiger charge is 2.12. The van der Waals surface area contributed by atoms with E-state index in [9.17, 15) is 4.79 Å². The summed E-state index contributed by atoms with van der Waals surface area (Å²) in [7, 11) is 0. The van der Waals surface area contributed by atoms with Gasteiger partial charge >= 0.3 is 0 Å². The van der Waals surface area contributed by atoms with Gasteiger partial charge in [0.1, 0.15) is 6.61 Å². The van der Waals surface area contributed by atoms with Crippen LogP contribution in [0.25, 0.3) is 0 Å². The summed E-state index contributed by atoms with van der Waals surface area (Å²) in [5, 5.41) is 4.38. The lowest BCUT2D eigenvalue weighted by atomic mass is 10.1. The summed E-state index contributed by atoms with van der Waals surface area (Å²) < 4.78 is 12.1. The number of hydrazone groups is 1. The number of amides is 1. The van der Waals surface area contributed by atoms with Crippen LogP contribution in [0.3, 0.4) is 0 Å². The van der Waals surface area contributed by atoms with E-state index < -0.39 is 0 Å². The molecule has 0 fully saturated rings. The average Bonchev–Trinajstić information content (AvgIpc) is 2.63. The molecule has 27 heavy (non-hydrogen) atoms. The van der Waals surface area contributed by atoms with Gasteiger partial charge in [0.15, 0.2) is 11.5 Å². The smallest absolute Gasteiger partial charge is 0.244 e. The third kappa shape index (κ3) is 6.73. The second-order valence-corrected chi connectivity index (χ2v) is 6.78. The molecule has 0 heterocycles. The lowest BCUT2D eigenvalue weighted by Crippen LogP contribution is -2.19. The number of halogens is 2. The van der Waals surface area contributed by atoms with E-state index in [2.05, 4.69) is 33.0 Å². The molecule has 0 aromatic heterocycles. The van der Waals surface area contributed by atoms with Crippen molar-refractivity contribution in [3.05, 3.63) is 69.7 Å². The van der Waals surface area contributed by atoms with E-state index in [1.807, 2.05) is 31.2 Å². The van der Waals surface area contributed by atoms with Gasteiger partial charge in [-0.15, -0.1) is 0 Å². The third-order valence-corrected chi connectivity index (χ3v) is 4.17. The van der Waals surface area contributed by atoms with Gasteiger partial charge in [-0.2, -0.15) is 5.10 Å². The lowest BCUT2D eigenvalue weighted by Gasteiger charge is -2.13. The van der Waals surface area contributed by atoms with Gasteiger partial charge in [0, 0.05) is 4.47 Å². The maximum atomic E-state index is 12.0. The summed E-state index contributed by atoms with van der Waals surface area (Å²) in [5.74, 6) is 0.750. The van der Waals surface area contributed by atoms with Crippen LogP contribution >= 0.6 is 27.5 Å². The van der Waals surface area contributed by atoms with Crippen LogP contribution in [-0.2, 0) is 11.2 Å². The van der Waals surface area contributed by atoms with Crippen LogP contribution in [0.2, 0.25) is 5.02 Å². The van der Waals surface area contributed by atoms with E-state index in [4.69, 9.17) is 21.1 Å². The Morgan fingerprint density at radius 3 is 2.70 bits per heavy atom. The van der Waals surface area contributed by atoms with Gasteiger partial charge in [-0.1, -0.05) is 52.3 Å². The van der Waals surface area contributed by atoms with Gasteiger partial charge in [-0.05, 0) is 42.3 Å². The number of hydrogen-bond donors (Lipinski definition) is 1. The molecule has 2 aromatic carbocycles. The molecule has 0 aliphatic rings. The topological polar surface area (TPSA) is 59.9 Å². The summed E-state index contributed by atoms with van der Waals surface area (Å²) in [6.07, 6.45) is 3.37. The van der Waals surface area contributed by atoms with Crippen LogP contribution < -0.4 is 14.9 Å². The first-order chi connectivity index (χ1) is 13.0. The molecule has 0 aliphatic carbocycles. The molecule has 0 saturated carbocycles. The van der Waals surface area contributed by atoms with Crippen molar-refractivity contribution in [1.29, 1.82) is 0 Å². The summed E-state index contributed by atoms with van der Waals surface area (Å²) >= 11 is 9.64. The highest BCUT2D eigenvalue weighted by Crippen LogP contribution is 2.36. The fourth-order valence-corrected chi connectivity index (χ4v) is 2.75. The molecule has 0 saturated heterocycles. The van der Waals surface area contributed by atoms with Crippen LogP contribution in [0.1, 0.15) is 18.1 Å². The van der Waals surface area contributed by atoms with E-state index in [1.54, 1.807) is 18.2 Å². The predicted molar refractivity (Wildman–Crippen MR) is 112 cm³/mol. The Balaban J connectivity index is 2.03. The van der Waals surface area contributed by atoms with Gasteiger partial charge in [-0.25, -0.2) is 5.43 Å². The third-order valence-electron chi connectivity index (χ3n) is 3.36. The average molecular weight is 452 g/mol. The van der Waals surface area contributed by atoms with Crippen LogP contribution in [0.15, 0.2) is 58.6 Å². The number of rotatable bonds is 9. The van der Waals surface area contributed by atoms with Crippen molar-refractivity contribution in [3.8, 4) is 11.5 Å².